The van der Waals surface area contributed by atoms with Crippen molar-refractivity contribution in [3.63, 3.8) is 0 Å². The molecular formula is C23H22N6O3. The molecule has 4 rings (SSSR count). The van der Waals surface area contributed by atoms with Crippen LogP contribution in [0.2, 0.25) is 0 Å². The first-order valence-corrected chi connectivity index (χ1v) is 10.0. The van der Waals surface area contributed by atoms with Gasteiger partial charge in [0.25, 0.3) is 0 Å². The van der Waals surface area contributed by atoms with Crippen molar-refractivity contribution in [1.29, 1.82) is 0 Å². The number of aromatic amines is 1. The van der Waals surface area contributed by atoms with Crippen molar-refractivity contribution in [3.8, 4) is 28.5 Å². The Kier molecular flexibility index (Phi) is 6.07. The number of methoxy groups -OCH3 is 1. The van der Waals surface area contributed by atoms with Gasteiger partial charge in [0.05, 0.1) is 36.4 Å². The van der Waals surface area contributed by atoms with Gasteiger partial charge in [0.1, 0.15) is 11.6 Å². The minimum Gasteiger partial charge on any atom is -0.496 e. The van der Waals surface area contributed by atoms with Crippen LogP contribution >= 0.6 is 0 Å². The number of esters is 1. The van der Waals surface area contributed by atoms with Crippen LogP contribution in [0.15, 0.2) is 54.9 Å². The summed E-state index contributed by atoms with van der Waals surface area (Å²) in [5.74, 6) is 1.04. The Morgan fingerprint density at radius 2 is 1.97 bits per heavy atom. The Labute approximate surface area is 184 Å². The van der Waals surface area contributed by atoms with E-state index in [1.165, 1.54) is 0 Å². The van der Waals surface area contributed by atoms with Crippen molar-refractivity contribution in [2.24, 2.45) is 0 Å². The maximum atomic E-state index is 12.3. The molecule has 0 atom stereocenters. The Bertz CT molecular complexity index is 1240. The number of rotatable bonds is 7. The first-order valence-electron chi connectivity index (χ1n) is 10.0. The standard InChI is InChI=1S/C23H22N6O3/c1-4-32-22(30)19-12-18(17-7-5-6-10-24-17)28-23(29-19)27-15-8-9-16(20(11-15)31-3)21-25-13-14(2)26-21/h5-13H,4H2,1-3H3,(H,25,26)(H,27,28,29). The topological polar surface area (TPSA) is 115 Å². The maximum absolute atomic E-state index is 12.3. The molecule has 0 aliphatic rings. The van der Waals surface area contributed by atoms with Crippen molar-refractivity contribution in [1.82, 2.24) is 24.9 Å². The summed E-state index contributed by atoms with van der Waals surface area (Å²) < 4.78 is 10.7. The number of hydrogen-bond acceptors (Lipinski definition) is 8. The quantitative estimate of drug-likeness (QED) is 0.420. The fraction of sp³-hybridized carbons (Fsp3) is 0.174. The molecule has 3 aromatic heterocycles. The van der Waals surface area contributed by atoms with Gasteiger partial charge in [0.15, 0.2) is 5.69 Å². The summed E-state index contributed by atoms with van der Waals surface area (Å²) in [4.78, 5) is 33.1. The van der Waals surface area contributed by atoms with Crippen molar-refractivity contribution < 1.29 is 14.3 Å². The minimum atomic E-state index is -0.531. The minimum absolute atomic E-state index is 0.139. The van der Waals surface area contributed by atoms with E-state index in [-0.39, 0.29) is 18.2 Å². The number of nitrogens with one attached hydrogen (secondary N) is 2. The van der Waals surface area contributed by atoms with Gasteiger partial charge in [0.2, 0.25) is 5.95 Å². The Hall–Kier alpha value is -4.27. The van der Waals surface area contributed by atoms with Crippen molar-refractivity contribution >= 4 is 17.6 Å². The SMILES string of the molecule is CCOC(=O)c1cc(-c2ccccn2)nc(Nc2ccc(-c3nc(C)c[nH]3)c(OC)c2)n1. The molecule has 0 radical (unpaired) electrons. The second kappa shape index (κ2) is 9.25. The number of nitrogens with zero attached hydrogens (tertiary/aromatic N) is 4. The average Bonchev–Trinajstić information content (AvgIpc) is 3.25. The normalized spacial score (nSPS) is 10.6. The van der Waals surface area contributed by atoms with Gasteiger partial charge in [-0.05, 0) is 44.2 Å². The van der Waals surface area contributed by atoms with Crippen molar-refractivity contribution in [2.45, 2.75) is 13.8 Å². The molecule has 0 unspecified atom stereocenters. The molecule has 2 N–H and O–H groups in total. The number of benzene rings is 1. The predicted octanol–water partition coefficient (Wildman–Crippen LogP) is 4.17. The van der Waals surface area contributed by atoms with Gasteiger partial charge in [-0.3, -0.25) is 4.98 Å². The smallest absolute Gasteiger partial charge is 0.357 e. The third kappa shape index (κ3) is 4.56. The second-order valence-corrected chi connectivity index (χ2v) is 6.83. The van der Waals surface area contributed by atoms with Crippen LogP contribution in [0.3, 0.4) is 0 Å². The third-order valence-corrected chi connectivity index (χ3v) is 4.56. The van der Waals surface area contributed by atoms with Gasteiger partial charge >= 0.3 is 5.97 Å². The number of ether oxygens (including phenoxy) is 2. The summed E-state index contributed by atoms with van der Waals surface area (Å²) in [7, 11) is 1.59. The molecular weight excluding hydrogens is 408 g/mol. The lowest BCUT2D eigenvalue weighted by atomic mass is 10.1. The molecule has 162 valence electrons. The number of imidazole rings is 1. The van der Waals surface area contributed by atoms with Crippen LogP contribution < -0.4 is 10.1 Å². The number of hydrogen-bond donors (Lipinski definition) is 2. The molecule has 32 heavy (non-hydrogen) atoms. The number of carbonyl (C=O) groups is 1. The van der Waals surface area contributed by atoms with Crippen molar-refractivity contribution in [2.75, 3.05) is 19.0 Å². The van der Waals surface area contributed by atoms with Crippen LogP contribution in [0.1, 0.15) is 23.1 Å². The van der Waals surface area contributed by atoms with E-state index in [1.54, 1.807) is 26.3 Å². The number of H-pyrrole nitrogens is 1. The average molecular weight is 430 g/mol. The van der Waals surface area contributed by atoms with Gasteiger partial charge in [-0.25, -0.2) is 19.7 Å². The van der Waals surface area contributed by atoms with Gasteiger partial charge in [0, 0.05) is 24.1 Å². The highest BCUT2D eigenvalue weighted by Crippen LogP contribution is 2.31. The number of pyridine rings is 1. The van der Waals surface area contributed by atoms with E-state index >= 15 is 0 Å². The van der Waals surface area contributed by atoms with Gasteiger partial charge < -0.3 is 19.8 Å². The number of carbonyl (C=O) groups excluding carboxylic acids is 1. The zero-order chi connectivity index (χ0) is 22.5. The Balaban J connectivity index is 1.70. The van der Waals surface area contributed by atoms with E-state index in [0.29, 0.717) is 28.6 Å². The monoisotopic (exact) mass is 430 g/mol. The van der Waals surface area contributed by atoms with Crippen LogP contribution in [-0.2, 0) is 4.74 Å². The summed E-state index contributed by atoms with van der Waals surface area (Å²) in [6.07, 6.45) is 3.49. The van der Waals surface area contributed by atoms with Crippen LogP contribution in [-0.4, -0.2) is 44.6 Å². The molecule has 0 fully saturated rings. The summed E-state index contributed by atoms with van der Waals surface area (Å²) in [6.45, 7) is 3.90. The summed E-state index contributed by atoms with van der Waals surface area (Å²) in [6, 6.07) is 12.6. The molecule has 9 heteroatoms. The number of aryl methyl sites for hydroxylation is 1. The van der Waals surface area contributed by atoms with Crippen LogP contribution in [0.5, 0.6) is 5.75 Å². The fourth-order valence-corrected chi connectivity index (χ4v) is 3.10. The van der Waals surface area contributed by atoms with Gasteiger partial charge in [-0.1, -0.05) is 6.07 Å². The van der Waals surface area contributed by atoms with Crippen molar-refractivity contribution in [3.05, 3.63) is 66.2 Å². The Morgan fingerprint density at radius 1 is 1.09 bits per heavy atom. The molecule has 0 aliphatic heterocycles. The van der Waals surface area contributed by atoms with Gasteiger partial charge in [-0.15, -0.1) is 0 Å². The summed E-state index contributed by atoms with van der Waals surface area (Å²) >= 11 is 0. The first-order chi connectivity index (χ1) is 15.6. The van der Waals surface area contributed by atoms with E-state index in [4.69, 9.17) is 9.47 Å². The molecule has 0 saturated heterocycles. The fourth-order valence-electron chi connectivity index (χ4n) is 3.10. The molecule has 3 heterocycles. The molecule has 9 nitrogen and oxygen atoms in total. The van der Waals surface area contributed by atoms with Crippen LogP contribution in [0, 0.1) is 6.92 Å². The molecule has 0 spiro atoms. The largest absolute Gasteiger partial charge is 0.496 e. The summed E-state index contributed by atoms with van der Waals surface area (Å²) in [5, 5.41) is 3.14. The molecule has 0 saturated carbocycles. The predicted molar refractivity (Wildman–Crippen MR) is 120 cm³/mol. The van der Waals surface area contributed by atoms with Gasteiger partial charge in [-0.2, -0.15) is 0 Å². The summed E-state index contributed by atoms with van der Waals surface area (Å²) in [5.41, 5.74) is 3.64. The number of aromatic nitrogens is 5. The van der Waals surface area contributed by atoms with E-state index in [1.807, 2.05) is 49.5 Å². The molecule has 0 amide bonds. The lowest BCUT2D eigenvalue weighted by Gasteiger charge is -2.12. The maximum Gasteiger partial charge on any atom is 0.357 e. The highest BCUT2D eigenvalue weighted by atomic mass is 16.5. The molecule has 0 bridgehead atoms. The molecule has 4 aromatic rings. The van der Waals surface area contributed by atoms with E-state index in [2.05, 4.69) is 30.2 Å². The Morgan fingerprint density at radius 3 is 2.66 bits per heavy atom. The number of anilines is 2. The third-order valence-electron chi connectivity index (χ3n) is 4.56. The van der Waals surface area contributed by atoms with E-state index < -0.39 is 5.97 Å². The first kappa shape index (κ1) is 21.0. The second-order valence-electron chi connectivity index (χ2n) is 6.83. The highest BCUT2D eigenvalue weighted by Gasteiger charge is 2.16. The molecule has 1 aromatic carbocycles. The molecule has 0 aliphatic carbocycles. The highest BCUT2D eigenvalue weighted by molar-refractivity contribution is 5.89. The zero-order valence-corrected chi connectivity index (χ0v) is 17.9. The van der Waals surface area contributed by atoms with E-state index in [0.717, 1.165) is 11.3 Å². The lowest BCUT2D eigenvalue weighted by Crippen LogP contribution is -2.10. The zero-order valence-electron chi connectivity index (χ0n) is 17.9. The lowest BCUT2D eigenvalue weighted by molar-refractivity contribution is 0.0519. The van der Waals surface area contributed by atoms with Crippen LogP contribution in [0.25, 0.3) is 22.8 Å². The van der Waals surface area contributed by atoms with E-state index in [9.17, 15) is 4.79 Å². The van der Waals surface area contributed by atoms with Crippen LogP contribution in [0.4, 0.5) is 11.6 Å².